The number of benzene rings is 1. The Morgan fingerprint density at radius 2 is 2.04 bits per heavy atom. The number of hydrogen-bond acceptors (Lipinski definition) is 7. The fourth-order valence-electron chi connectivity index (χ4n) is 1.61. The first-order chi connectivity index (χ1) is 11.0. The maximum atomic E-state index is 11.6. The van der Waals surface area contributed by atoms with Gasteiger partial charge in [-0.2, -0.15) is 10.2 Å². The lowest BCUT2D eigenvalue weighted by Crippen LogP contribution is -2.23. The van der Waals surface area contributed by atoms with Gasteiger partial charge in [0.1, 0.15) is 18.9 Å². The van der Waals surface area contributed by atoms with Crippen LogP contribution in [-0.4, -0.2) is 31.7 Å². The summed E-state index contributed by atoms with van der Waals surface area (Å²) in [4.78, 5) is 31.5. The summed E-state index contributed by atoms with van der Waals surface area (Å²) in [5, 5.41) is 28.4. The van der Waals surface area contributed by atoms with Crippen LogP contribution in [0, 0.1) is 20.2 Å². The van der Waals surface area contributed by atoms with E-state index in [9.17, 15) is 25.0 Å². The number of non-ortho nitro benzene ring substituents is 1. The lowest BCUT2D eigenvalue weighted by molar-refractivity contribution is -0.385. The highest BCUT2D eigenvalue weighted by Crippen LogP contribution is 2.11. The highest BCUT2D eigenvalue weighted by atomic mass is 16.6. The average molecular weight is 318 g/mol. The highest BCUT2D eigenvalue weighted by molar-refractivity contribution is 5.83. The lowest BCUT2D eigenvalue weighted by Gasteiger charge is -1.99. The van der Waals surface area contributed by atoms with Gasteiger partial charge in [-0.15, -0.1) is 0 Å². The molecule has 0 aliphatic rings. The predicted octanol–water partition coefficient (Wildman–Crippen LogP) is 0.850. The third-order valence-corrected chi connectivity index (χ3v) is 2.62. The molecular formula is C12H10N6O5. The molecule has 11 heteroatoms. The van der Waals surface area contributed by atoms with Crippen LogP contribution in [0.25, 0.3) is 0 Å². The van der Waals surface area contributed by atoms with Crippen LogP contribution >= 0.6 is 0 Å². The average Bonchev–Trinajstić information content (AvgIpc) is 2.96. The van der Waals surface area contributed by atoms with Gasteiger partial charge in [-0.25, -0.2) is 5.43 Å². The van der Waals surface area contributed by atoms with Crippen LogP contribution in [0.1, 0.15) is 5.56 Å². The Bertz CT molecular complexity index is 784. The van der Waals surface area contributed by atoms with Gasteiger partial charge >= 0.3 is 5.69 Å². The minimum atomic E-state index is -0.623. The Morgan fingerprint density at radius 3 is 2.70 bits per heavy atom. The molecule has 23 heavy (non-hydrogen) atoms. The molecule has 1 aromatic carbocycles. The molecule has 0 fully saturated rings. The van der Waals surface area contributed by atoms with Crippen molar-refractivity contribution in [1.82, 2.24) is 15.2 Å². The van der Waals surface area contributed by atoms with E-state index in [-0.39, 0.29) is 17.9 Å². The standard InChI is InChI=1S/C12H10N6O5/c19-12(8-16-7-11(6-14-16)18(22)23)15-13-5-9-2-1-3-10(4-9)17(20)21/h1-7H,8H2,(H,15,19)/b13-5+. The summed E-state index contributed by atoms with van der Waals surface area (Å²) in [5.41, 5.74) is 2.32. The van der Waals surface area contributed by atoms with E-state index >= 15 is 0 Å². The molecule has 0 saturated carbocycles. The predicted molar refractivity (Wildman–Crippen MR) is 77.7 cm³/mol. The summed E-state index contributed by atoms with van der Waals surface area (Å²) in [5.74, 6) is -0.551. The third-order valence-electron chi connectivity index (χ3n) is 2.62. The van der Waals surface area contributed by atoms with E-state index in [2.05, 4.69) is 15.6 Å². The topological polar surface area (TPSA) is 146 Å². The van der Waals surface area contributed by atoms with Crippen molar-refractivity contribution in [3.8, 4) is 0 Å². The van der Waals surface area contributed by atoms with E-state index in [0.29, 0.717) is 5.56 Å². The molecular weight excluding hydrogens is 308 g/mol. The van der Waals surface area contributed by atoms with Gasteiger partial charge in [0.05, 0.1) is 16.1 Å². The number of rotatable bonds is 6. The molecule has 0 saturated heterocycles. The number of carbonyl (C=O) groups is 1. The molecule has 1 heterocycles. The van der Waals surface area contributed by atoms with Crippen LogP contribution in [0.15, 0.2) is 41.8 Å². The van der Waals surface area contributed by atoms with Gasteiger partial charge in [-0.05, 0) is 0 Å². The fourth-order valence-corrected chi connectivity index (χ4v) is 1.61. The fraction of sp³-hybridized carbons (Fsp3) is 0.0833. The normalized spacial score (nSPS) is 10.6. The van der Waals surface area contributed by atoms with Gasteiger partial charge in [0.2, 0.25) is 0 Å². The molecule has 2 aromatic rings. The van der Waals surface area contributed by atoms with E-state index in [1.54, 1.807) is 6.07 Å². The Hall–Kier alpha value is -3.63. The van der Waals surface area contributed by atoms with Crippen molar-refractivity contribution in [3.63, 3.8) is 0 Å². The molecule has 2 rings (SSSR count). The maximum Gasteiger partial charge on any atom is 0.307 e. The number of nitro benzene ring substituents is 1. The van der Waals surface area contributed by atoms with Gasteiger partial charge in [0.15, 0.2) is 0 Å². The van der Waals surface area contributed by atoms with E-state index in [1.807, 2.05) is 0 Å². The maximum absolute atomic E-state index is 11.6. The quantitative estimate of drug-likeness (QED) is 0.474. The molecule has 1 amide bonds. The summed E-state index contributed by atoms with van der Waals surface area (Å²) < 4.78 is 1.09. The first-order valence-electron chi connectivity index (χ1n) is 6.19. The second-order valence-corrected chi connectivity index (χ2v) is 4.30. The number of hydrazone groups is 1. The molecule has 0 bridgehead atoms. The number of nitro groups is 2. The molecule has 0 radical (unpaired) electrons. The van der Waals surface area contributed by atoms with Crippen molar-refractivity contribution >= 4 is 23.5 Å². The summed E-state index contributed by atoms with van der Waals surface area (Å²) in [6.07, 6.45) is 3.39. The van der Waals surface area contributed by atoms with Crippen molar-refractivity contribution in [1.29, 1.82) is 0 Å². The van der Waals surface area contributed by atoms with Crippen molar-refractivity contribution in [2.45, 2.75) is 6.54 Å². The van der Waals surface area contributed by atoms with E-state index in [1.165, 1.54) is 24.4 Å². The molecule has 0 aliphatic heterocycles. The monoisotopic (exact) mass is 318 g/mol. The minimum absolute atomic E-state index is 0.0934. The van der Waals surface area contributed by atoms with Crippen molar-refractivity contribution < 1.29 is 14.6 Å². The van der Waals surface area contributed by atoms with Crippen LogP contribution in [-0.2, 0) is 11.3 Å². The molecule has 0 unspecified atom stereocenters. The molecule has 1 aromatic heterocycles. The van der Waals surface area contributed by atoms with Gasteiger partial charge in [-0.3, -0.25) is 29.7 Å². The lowest BCUT2D eigenvalue weighted by atomic mass is 10.2. The first-order valence-corrected chi connectivity index (χ1v) is 6.19. The smallest absolute Gasteiger partial charge is 0.271 e. The largest absolute Gasteiger partial charge is 0.307 e. The highest BCUT2D eigenvalue weighted by Gasteiger charge is 2.10. The summed E-state index contributed by atoms with van der Waals surface area (Å²) in [6, 6.07) is 5.71. The van der Waals surface area contributed by atoms with Crippen molar-refractivity contribution in [2.75, 3.05) is 0 Å². The molecule has 11 nitrogen and oxygen atoms in total. The van der Waals surface area contributed by atoms with E-state index < -0.39 is 15.8 Å². The summed E-state index contributed by atoms with van der Waals surface area (Å²) in [7, 11) is 0. The van der Waals surface area contributed by atoms with Gasteiger partial charge in [-0.1, -0.05) is 12.1 Å². The zero-order valence-electron chi connectivity index (χ0n) is 11.5. The molecule has 1 N–H and O–H groups in total. The van der Waals surface area contributed by atoms with Gasteiger partial charge in [0, 0.05) is 17.7 Å². The Labute approximate surface area is 128 Å². The van der Waals surface area contributed by atoms with Crippen molar-refractivity contribution in [2.24, 2.45) is 5.10 Å². The summed E-state index contributed by atoms with van der Waals surface area (Å²) in [6.45, 7) is -0.250. The van der Waals surface area contributed by atoms with E-state index in [4.69, 9.17) is 0 Å². The number of nitrogens with one attached hydrogen (secondary N) is 1. The zero-order valence-corrected chi connectivity index (χ0v) is 11.5. The van der Waals surface area contributed by atoms with Crippen LogP contribution < -0.4 is 5.43 Å². The molecule has 0 aliphatic carbocycles. The molecule has 0 atom stereocenters. The second-order valence-electron chi connectivity index (χ2n) is 4.30. The Balaban J connectivity index is 1.91. The van der Waals surface area contributed by atoms with E-state index in [0.717, 1.165) is 17.1 Å². The first kappa shape index (κ1) is 15.8. The third kappa shape index (κ3) is 4.42. The molecule has 118 valence electrons. The zero-order chi connectivity index (χ0) is 16.8. The van der Waals surface area contributed by atoms with Crippen LogP contribution in [0.4, 0.5) is 11.4 Å². The van der Waals surface area contributed by atoms with Gasteiger partial charge in [0.25, 0.3) is 11.6 Å². The second kappa shape index (κ2) is 6.89. The van der Waals surface area contributed by atoms with Crippen LogP contribution in [0.2, 0.25) is 0 Å². The van der Waals surface area contributed by atoms with Gasteiger partial charge < -0.3 is 0 Å². The SMILES string of the molecule is O=C(Cn1cc([N+](=O)[O-])cn1)N/N=C/c1cccc([N+](=O)[O-])c1. The number of amides is 1. The number of aromatic nitrogens is 2. The number of nitrogens with zero attached hydrogens (tertiary/aromatic N) is 5. The number of hydrogen-bond donors (Lipinski definition) is 1. The number of carbonyl (C=O) groups excluding carboxylic acids is 1. The van der Waals surface area contributed by atoms with Crippen molar-refractivity contribution in [3.05, 3.63) is 62.5 Å². The molecule has 0 spiro atoms. The van der Waals surface area contributed by atoms with Crippen LogP contribution in [0.3, 0.4) is 0 Å². The Kier molecular flexibility index (Phi) is 4.72. The van der Waals surface area contributed by atoms with Crippen LogP contribution in [0.5, 0.6) is 0 Å². The minimum Gasteiger partial charge on any atom is -0.271 e. The summed E-state index contributed by atoms with van der Waals surface area (Å²) >= 11 is 0. The Morgan fingerprint density at radius 1 is 1.30 bits per heavy atom.